The molecule has 2 rings (SSSR count). The fourth-order valence-electron chi connectivity index (χ4n) is 3.13. The highest BCUT2D eigenvalue weighted by atomic mass is 16.6. The van der Waals surface area contributed by atoms with Crippen molar-refractivity contribution in [2.24, 2.45) is 0 Å². The molecule has 0 amide bonds. The molecule has 0 aromatic heterocycles. The van der Waals surface area contributed by atoms with Crippen molar-refractivity contribution in [3.05, 3.63) is 85.4 Å². The summed E-state index contributed by atoms with van der Waals surface area (Å²) in [7, 11) is 1.25. The van der Waals surface area contributed by atoms with E-state index in [-0.39, 0.29) is 23.2 Å². The number of nitro benzene ring substituents is 1. The highest BCUT2D eigenvalue weighted by molar-refractivity contribution is 5.89. The first kappa shape index (κ1) is 22.0. The van der Waals surface area contributed by atoms with Crippen LogP contribution in [0.15, 0.2) is 48.5 Å². The standard InChI is InChI=1S/C20H22N2O7/c1-20(2,22(27)28)12-16(13-8-10-14(11-9-13)19(24)29-3)18(23)15-6-4-5-7-17(15)21(25)26/h4-11,16,18,23H,12H2,1-3H3. The third-order valence-electron chi connectivity index (χ3n) is 4.81. The van der Waals surface area contributed by atoms with Crippen molar-refractivity contribution in [1.29, 1.82) is 0 Å². The smallest absolute Gasteiger partial charge is 0.337 e. The first-order valence-corrected chi connectivity index (χ1v) is 8.82. The second-order valence-corrected chi connectivity index (χ2v) is 7.25. The summed E-state index contributed by atoms with van der Waals surface area (Å²) in [5.41, 5.74) is -0.799. The maximum Gasteiger partial charge on any atom is 0.337 e. The molecule has 0 aliphatic carbocycles. The number of aliphatic hydroxyl groups is 1. The van der Waals surface area contributed by atoms with Gasteiger partial charge in [0.05, 0.1) is 29.3 Å². The molecule has 29 heavy (non-hydrogen) atoms. The van der Waals surface area contributed by atoms with E-state index in [1.807, 2.05) is 0 Å². The van der Waals surface area contributed by atoms with Crippen LogP contribution in [-0.4, -0.2) is 33.6 Å². The van der Waals surface area contributed by atoms with E-state index in [2.05, 4.69) is 4.74 Å². The van der Waals surface area contributed by atoms with Crippen molar-refractivity contribution in [3.63, 3.8) is 0 Å². The fraction of sp³-hybridized carbons (Fsp3) is 0.350. The van der Waals surface area contributed by atoms with E-state index in [9.17, 15) is 30.1 Å². The number of methoxy groups -OCH3 is 1. The minimum atomic E-state index is -1.39. The average Bonchev–Trinajstić information content (AvgIpc) is 2.71. The van der Waals surface area contributed by atoms with E-state index in [1.165, 1.54) is 51.3 Å². The molecule has 9 heteroatoms. The van der Waals surface area contributed by atoms with Gasteiger partial charge in [0.2, 0.25) is 5.54 Å². The predicted octanol–water partition coefficient (Wildman–Crippen LogP) is 3.64. The Morgan fingerprint density at radius 1 is 1.10 bits per heavy atom. The zero-order chi connectivity index (χ0) is 21.8. The second kappa shape index (κ2) is 8.78. The van der Waals surface area contributed by atoms with E-state index >= 15 is 0 Å². The summed E-state index contributed by atoms with van der Waals surface area (Å²) in [6.45, 7) is 2.85. The van der Waals surface area contributed by atoms with Gasteiger partial charge in [-0.25, -0.2) is 4.79 Å². The van der Waals surface area contributed by atoms with E-state index in [0.717, 1.165) is 0 Å². The normalized spacial score (nSPS) is 13.4. The molecule has 0 saturated carbocycles. The molecule has 2 aromatic rings. The lowest BCUT2D eigenvalue weighted by molar-refractivity contribution is -0.562. The van der Waals surface area contributed by atoms with Crippen LogP contribution in [0.2, 0.25) is 0 Å². The van der Waals surface area contributed by atoms with Gasteiger partial charge in [0.1, 0.15) is 0 Å². The number of ether oxygens (including phenoxy) is 1. The van der Waals surface area contributed by atoms with Gasteiger partial charge in [0.15, 0.2) is 0 Å². The van der Waals surface area contributed by atoms with Gasteiger partial charge in [-0.3, -0.25) is 20.2 Å². The van der Waals surface area contributed by atoms with Crippen LogP contribution < -0.4 is 0 Å². The molecule has 1 N–H and O–H groups in total. The lowest BCUT2D eigenvalue weighted by atomic mass is 9.80. The Morgan fingerprint density at radius 2 is 1.69 bits per heavy atom. The maximum atomic E-state index is 11.7. The van der Waals surface area contributed by atoms with Gasteiger partial charge in [0.25, 0.3) is 5.69 Å². The number of benzene rings is 2. The van der Waals surface area contributed by atoms with Crippen molar-refractivity contribution >= 4 is 11.7 Å². The molecule has 9 nitrogen and oxygen atoms in total. The average molecular weight is 402 g/mol. The molecule has 154 valence electrons. The van der Waals surface area contributed by atoms with Gasteiger partial charge in [-0.15, -0.1) is 0 Å². The Labute approximate surface area is 167 Å². The number of esters is 1. The summed E-state index contributed by atoms with van der Waals surface area (Å²) in [6.07, 6.45) is -1.44. The largest absolute Gasteiger partial charge is 0.465 e. The van der Waals surface area contributed by atoms with Crippen LogP contribution in [-0.2, 0) is 4.74 Å². The number of hydrogen-bond acceptors (Lipinski definition) is 7. The Balaban J connectivity index is 2.52. The molecule has 0 saturated heterocycles. The van der Waals surface area contributed by atoms with Crippen LogP contribution >= 0.6 is 0 Å². The van der Waals surface area contributed by atoms with Crippen LogP contribution in [0.4, 0.5) is 5.69 Å². The van der Waals surface area contributed by atoms with Crippen LogP contribution in [0.3, 0.4) is 0 Å². The number of nitro groups is 2. The number of carbonyl (C=O) groups is 1. The molecular weight excluding hydrogens is 380 g/mol. The number of para-hydroxylation sites is 1. The quantitative estimate of drug-likeness (QED) is 0.405. The molecular formula is C20H22N2O7. The van der Waals surface area contributed by atoms with Crippen molar-refractivity contribution in [2.45, 2.75) is 37.8 Å². The van der Waals surface area contributed by atoms with Crippen LogP contribution in [0.5, 0.6) is 0 Å². The molecule has 2 aromatic carbocycles. The number of aliphatic hydroxyl groups excluding tert-OH is 1. The van der Waals surface area contributed by atoms with E-state index < -0.39 is 33.4 Å². The van der Waals surface area contributed by atoms with E-state index in [0.29, 0.717) is 5.56 Å². The summed E-state index contributed by atoms with van der Waals surface area (Å²) < 4.78 is 4.65. The topological polar surface area (TPSA) is 133 Å². The van der Waals surface area contributed by atoms with Gasteiger partial charge in [0, 0.05) is 37.2 Å². The van der Waals surface area contributed by atoms with Crippen LogP contribution in [0.25, 0.3) is 0 Å². The summed E-state index contributed by atoms with van der Waals surface area (Å²) in [4.78, 5) is 33.4. The molecule has 2 unspecified atom stereocenters. The summed E-state index contributed by atoms with van der Waals surface area (Å²) in [5, 5.41) is 33.8. The summed E-state index contributed by atoms with van der Waals surface area (Å²) in [5.74, 6) is -1.36. The molecule has 0 bridgehead atoms. The van der Waals surface area contributed by atoms with E-state index in [4.69, 9.17) is 0 Å². The zero-order valence-corrected chi connectivity index (χ0v) is 16.3. The van der Waals surface area contributed by atoms with Gasteiger partial charge >= 0.3 is 5.97 Å². The van der Waals surface area contributed by atoms with Crippen LogP contribution in [0, 0.1) is 20.2 Å². The first-order valence-electron chi connectivity index (χ1n) is 8.82. The fourth-order valence-corrected chi connectivity index (χ4v) is 3.13. The van der Waals surface area contributed by atoms with Gasteiger partial charge < -0.3 is 9.84 Å². The maximum absolute atomic E-state index is 11.7. The molecule has 0 spiro atoms. The lowest BCUT2D eigenvalue weighted by Crippen LogP contribution is -2.34. The Hall–Kier alpha value is -3.33. The SMILES string of the molecule is COC(=O)c1ccc(C(CC(C)(C)[N+](=O)[O-])C(O)c2ccccc2[N+](=O)[O-])cc1. The number of carbonyl (C=O) groups excluding carboxylic acids is 1. The molecule has 0 heterocycles. The summed E-state index contributed by atoms with van der Waals surface area (Å²) >= 11 is 0. The number of hydrogen-bond donors (Lipinski definition) is 1. The molecule has 0 aliphatic heterocycles. The van der Waals surface area contributed by atoms with Crippen molar-refractivity contribution in [2.75, 3.05) is 7.11 Å². The van der Waals surface area contributed by atoms with Crippen LogP contribution in [0.1, 0.15) is 53.8 Å². The summed E-state index contributed by atoms with van der Waals surface area (Å²) in [6, 6.07) is 11.8. The first-order chi connectivity index (χ1) is 13.6. The zero-order valence-electron chi connectivity index (χ0n) is 16.3. The van der Waals surface area contributed by atoms with Gasteiger partial charge in [-0.2, -0.15) is 0 Å². The van der Waals surface area contributed by atoms with E-state index in [1.54, 1.807) is 18.2 Å². The third-order valence-corrected chi connectivity index (χ3v) is 4.81. The Bertz CT molecular complexity index is 909. The third kappa shape index (κ3) is 4.94. The van der Waals surface area contributed by atoms with Gasteiger partial charge in [-0.05, 0) is 23.8 Å². The number of rotatable bonds is 8. The van der Waals surface area contributed by atoms with Crippen molar-refractivity contribution < 1.29 is 24.5 Å². The highest BCUT2D eigenvalue weighted by Gasteiger charge is 2.39. The molecule has 0 fully saturated rings. The molecule has 0 radical (unpaired) electrons. The Morgan fingerprint density at radius 3 is 2.21 bits per heavy atom. The Kier molecular flexibility index (Phi) is 6.65. The highest BCUT2D eigenvalue weighted by Crippen LogP contribution is 2.40. The predicted molar refractivity (Wildman–Crippen MR) is 104 cm³/mol. The molecule has 0 aliphatic rings. The lowest BCUT2D eigenvalue weighted by Gasteiger charge is -2.28. The van der Waals surface area contributed by atoms with Crippen molar-refractivity contribution in [1.82, 2.24) is 0 Å². The van der Waals surface area contributed by atoms with Crippen molar-refractivity contribution in [3.8, 4) is 0 Å². The second-order valence-electron chi connectivity index (χ2n) is 7.25. The minimum absolute atomic E-state index is 0.0682. The number of nitrogens with zero attached hydrogens (tertiary/aromatic N) is 2. The molecule has 2 atom stereocenters. The minimum Gasteiger partial charge on any atom is -0.465 e. The van der Waals surface area contributed by atoms with Gasteiger partial charge in [-0.1, -0.05) is 24.3 Å². The monoisotopic (exact) mass is 402 g/mol.